The minimum Gasteiger partial charge on any atom is -0.479 e. The van der Waals surface area contributed by atoms with Crippen LogP contribution in [0.4, 0.5) is 5.69 Å². The highest BCUT2D eigenvalue weighted by Gasteiger charge is 2.17. The number of aliphatic hydroxyl groups is 1. The van der Waals surface area contributed by atoms with Crippen molar-refractivity contribution < 1.29 is 15.0 Å². The van der Waals surface area contributed by atoms with E-state index in [1.165, 1.54) is 12.8 Å². The van der Waals surface area contributed by atoms with Gasteiger partial charge in [-0.2, -0.15) is 0 Å². The third kappa shape index (κ3) is 2.17. The third-order valence-corrected chi connectivity index (χ3v) is 2.91. The monoisotopic (exact) mass is 221 g/mol. The molecule has 1 aromatic rings. The smallest absolute Gasteiger partial charge is 0.337 e. The standard InChI is InChI=1S/C12H15NO3/c14-11(12(15)16)9-3-5-10(6-4-9)13-7-1-2-8-13/h3-6,11,14H,1-2,7-8H2,(H,15,16). The van der Waals surface area contributed by atoms with E-state index in [1.54, 1.807) is 12.1 Å². The fraction of sp³-hybridized carbons (Fsp3) is 0.417. The van der Waals surface area contributed by atoms with Gasteiger partial charge in [-0.25, -0.2) is 4.79 Å². The molecule has 2 rings (SSSR count). The summed E-state index contributed by atoms with van der Waals surface area (Å²) in [7, 11) is 0. The van der Waals surface area contributed by atoms with Gasteiger partial charge in [-0.3, -0.25) is 0 Å². The Hall–Kier alpha value is -1.55. The van der Waals surface area contributed by atoms with Crippen molar-refractivity contribution in [3.63, 3.8) is 0 Å². The first-order valence-electron chi connectivity index (χ1n) is 5.44. The first kappa shape index (κ1) is 11.0. The zero-order valence-electron chi connectivity index (χ0n) is 8.97. The molecule has 2 N–H and O–H groups in total. The van der Waals surface area contributed by atoms with Gasteiger partial charge >= 0.3 is 5.97 Å². The summed E-state index contributed by atoms with van der Waals surface area (Å²) >= 11 is 0. The number of hydrogen-bond acceptors (Lipinski definition) is 3. The number of aliphatic carboxylic acids is 1. The second-order valence-electron chi connectivity index (χ2n) is 4.03. The Balaban J connectivity index is 2.12. The molecule has 0 bridgehead atoms. The number of rotatable bonds is 3. The second kappa shape index (κ2) is 4.53. The fourth-order valence-electron chi connectivity index (χ4n) is 1.99. The van der Waals surface area contributed by atoms with Crippen LogP contribution in [0.25, 0.3) is 0 Å². The van der Waals surface area contributed by atoms with Gasteiger partial charge in [-0.1, -0.05) is 12.1 Å². The molecule has 1 aliphatic rings. The maximum absolute atomic E-state index is 10.6. The fourth-order valence-corrected chi connectivity index (χ4v) is 1.99. The van der Waals surface area contributed by atoms with E-state index >= 15 is 0 Å². The lowest BCUT2D eigenvalue weighted by atomic mass is 10.1. The number of benzene rings is 1. The minimum atomic E-state index is -1.42. The SMILES string of the molecule is O=C(O)C(O)c1ccc(N2CCCC2)cc1. The number of aliphatic hydroxyl groups excluding tert-OH is 1. The van der Waals surface area contributed by atoms with E-state index in [1.807, 2.05) is 12.1 Å². The van der Waals surface area contributed by atoms with Gasteiger partial charge in [0, 0.05) is 18.8 Å². The largest absolute Gasteiger partial charge is 0.479 e. The van der Waals surface area contributed by atoms with Crippen LogP contribution in [0.15, 0.2) is 24.3 Å². The first-order valence-corrected chi connectivity index (χ1v) is 5.44. The van der Waals surface area contributed by atoms with Crippen molar-refractivity contribution >= 4 is 11.7 Å². The van der Waals surface area contributed by atoms with Crippen LogP contribution in [-0.2, 0) is 4.79 Å². The summed E-state index contributed by atoms with van der Waals surface area (Å²) in [4.78, 5) is 12.8. The van der Waals surface area contributed by atoms with Crippen molar-refractivity contribution in [1.82, 2.24) is 0 Å². The Kier molecular flexibility index (Phi) is 3.10. The minimum absolute atomic E-state index is 0.426. The quantitative estimate of drug-likeness (QED) is 0.810. The molecule has 86 valence electrons. The molecule has 4 heteroatoms. The second-order valence-corrected chi connectivity index (χ2v) is 4.03. The van der Waals surface area contributed by atoms with Crippen molar-refractivity contribution in [1.29, 1.82) is 0 Å². The van der Waals surface area contributed by atoms with Crippen LogP contribution in [-0.4, -0.2) is 29.3 Å². The zero-order valence-corrected chi connectivity index (χ0v) is 8.97. The lowest BCUT2D eigenvalue weighted by molar-refractivity contribution is -0.146. The highest BCUT2D eigenvalue weighted by atomic mass is 16.4. The maximum atomic E-state index is 10.6. The summed E-state index contributed by atoms with van der Waals surface area (Å²) in [6, 6.07) is 7.08. The highest BCUT2D eigenvalue weighted by Crippen LogP contribution is 2.22. The molecule has 1 aliphatic heterocycles. The Morgan fingerprint density at radius 3 is 2.25 bits per heavy atom. The first-order chi connectivity index (χ1) is 7.68. The summed E-state index contributed by atoms with van der Waals surface area (Å²) < 4.78 is 0. The summed E-state index contributed by atoms with van der Waals surface area (Å²) in [6.07, 6.45) is 0.992. The van der Waals surface area contributed by atoms with Crippen LogP contribution in [0.3, 0.4) is 0 Å². The van der Waals surface area contributed by atoms with Crippen LogP contribution >= 0.6 is 0 Å². The van der Waals surface area contributed by atoms with Crippen molar-refractivity contribution in [3.8, 4) is 0 Å². The lowest BCUT2D eigenvalue weighted by Crippen LogP contribution is -2.17. The maximum Gasteiger partial charge on any atom is 0.337 e. The van der Waals surface area contributed by atoms with Gasteiger partial charge in [0.05, 0.1) is 0 Å². The van der Waals surface area contributed by atoms with Gasteiger partial charge in [0.25, 0.3) is 0 Å². The van der Waals surface area contributed by atoms with Crippen molar-refractivity contribution in [2.24, 2.45) is 0 Å². The Morgan fingerprint density at radius 2 is 1.75 bits per heavy atom. The molecule has 0 amide bonds. The van der Waals surface area contributed by atoms with Crippen LogP contribution in [0.1, 0.15) is 24.5 Å². The molecule has 16 heavy (non-hydrogen) atoms. The molecule has 4 nitrogen and oxygen atoms in total. The van der Waals surface area contributed by atoms with Gasteiger partial charge in [0.15, 0.2) is 6.10 Å². The average Bonchev–Trinajstić information content (AvgIpc) is 2.81. The molecule has 1 saturated heterocycles. The number of carbonyl (C=O) groups is 1. The summed E-state index contributed by atoms with van der Waals surface area (Å²) in [5.41, 5.74) is 1.52. The van der Waals surface area contributed by atoms with E-state index in [0.29, 0.717) is 5.56 Å². The normalized spacial score (nSPS) is 17.4. The molecular weight excluding hydrogens is 206 g/mol. The molecule has 0 radical (unpaired) electrons. The van der Waals surface area contributed by atoms with Crippen molar-refractivity contribution in [3.05, 3.63) is 29.8 Å². The van der Waals surface area contributed by atoms with Crippen LogP contribution in [0.2, 0.25) is 0 Å². The summed E-state index contributed by atoms with van der Waals surface area (Å²) in [5.74, 6) is -1.21. The Morgan fingerprint density at radius 1 is 1.19 bits per heavy atom. The number of carboxylic acids is 1. The average molecular weight is 221 g/mol. The molecule has 1 aromatic carbocycles. The molecule has 0 aliphatic carbocycles. The van der Waals surface area contributed by atoms with Crippen LogP contribution in [0.5, 0.6) is 0 Å². The van der Waals surface area contributed by atoms with Crippen LogP contribution in [0, 0.1) is 0 Å². The predicted molar refractivity (Wildman–Crippen MR) is 60.5 cm³/mol. The number of nitrogens with zero attached hydrogens (tertiary/aromatic N) is 1. The number of anilines is 1. The van der Waals surface area contributed by atoms with E-state index in [9.17, 15) is 9.90 Å². The van der Waals surface area contributed by atoms with Crippen molar-refractivity contribution in [2.75, 3.05) is 18.0 Å². The summed E-state index contributed by atoms with van der Waals surface area (Å²) in [5, 5.41) is 18.0. The van der Waals surface area contributed by atoms with Crippen LogP contribution < -0.4 is 4.90 Å². The molecule has 0 aromatic heterocycles. The number of hydrogen-bond donors (Lipinski definition) is 2. The zero-order chi connectivity index (χ0) is 11.5. The molecule has 0 spiro atoms. The van der Waals surface area contributed by atoms with E-state index in [-0.39, 0.29) is 0 Å². The van der Waals surface area contributed by atoms with Crippen molar-refractivity contribution in [2.45, 2.75) is 18.9 Å². The molecule has 1 atom stereocenters. The summed E-state index contributed by atoms with van der Waals surface area (Å²) in [6.45, 7) is 2.11. The molecular formula is C12H15NO3. The third-order valence-electron chi connectivity index (χ3n) is 2.91. The Bertz CT molecular complexity index is 368. The lowest BCUT2D eigenvalue weighted by Gasteiger charge is -2.18. The van der Waals surface area contributed by atoms with E-state index in [0.717, 1.165) is 18.8 Å². The molecule has 0 saturated carbocycles. The predicted octanol–water partition coefficient (Wildman–Crippen LogP) is 1.40. The van der Waals surface area contributed by atoms with Gasteiger partial charge in [0.2, 0.25) is 0 Å². The topological polar surface area (TPSA) is 60.8 Å². The van der Waals surface area contributed by atoms with E-state index in [4.69, 9.17) is 5.11 Å². The molecule has 1 heterocycles. The molecule has 1 unspecified atom stereocenters. The van der Waals surface area contributed by atoms with Gasteiger partial charge in [-0.15, -0.1) is 0 Å². The van der Waals surface area contributed by atoms with E-state index < -0.39 is 12.1 Å². The van der Waals surface area contributed by atoms with Gasteiger partial charge < -0.3 is 15.1 Å². The highest BCUT2D eigenvalue weighted by molar-refractivity contribution is 5.74. The van der Waals surface area contributed by atoms with E-state index in [2.05, 4.69) is 4.90 Å². The van der Waals surface area contributed by atoms with Gasteiger partial charge in [-0.05, 0) is 30.5 Å². The Labute approximate surface area is 94.1 Å². The number of carboxylic acid groups (broad SMARTS) is 1. The molecule has 1 fully saturated rings. The van der Waals surface area contributed by atoms with Gasteiger partial charge in [0.1, 0.15) is 0 Å².